The molecule has 0 saturated carbocycles. The fraction of sp³-hybridized carbons (Fsp3) is 0.538. The van der Waals surface area contributed by atoms with Gasteiger partial charge in [-0.3, -0.25) is 0 Å². The van der Waals surface area contributed by atoms with Crippen molar-refractivity contribution in [3.63, 3.8) is 0 Å². The van der Waals surface area contributed by atoms with E-state index < -0.39 is 0 Å². The summed E-state index contributed by atoms with van der Waals surface area (Å²) in [4.78, 5) is 2.22. The molecule has 0 radical (unpaired) electrons. The monoisotopic (exact) mass is 348 g/mol. The van der Waals surface area contributed by atoms with Gasteiger partial charge < -0.3 is 15.3 Å². The Morgan fingerprint density at radius 3 is 2.53 bits per heavy atom. The summed E-state index contributed by atoms with van der Waals surface area (Å²) >= 11 is 2.29. The smallest absolute Gasteiger partial charge is 0.0839 e. The van der Waals surface area contributed by atoms with Crippen LogP contribution in [0.2, 0.25) is 0 Å². The van der Waals surface area contributed by atoms with Gasteiger partial charge in [-0.05, 0) is 47.8 Å². The van der Waals surface area contributed by atoms with E-state index in [0.717, 1.165) is 25.3 Å². The van der Waals surface area contributed by atoms with Crippen molar-refractivity contribution in [3.05, 3.63) is 27.8 Å². The van der Waals surface area contributed by atoms with Gasteiger partial charge in [-0.1, -0.05) is 26.0 Å². The van der Waals surface area contributed by atoms with E-state index in [1.807, 2.05) is 18.2 Å². The largest absolute Gasteiger partial charge is 0.390 e. The lowest BCUT2D eigenvalue weighted by atomic mass is 10.3. The second-order valence-corrected chi connectivity index (χ2v) is 5.16. The maximum absolute atomic E-state index is 9.93. The zero-order valence-electron chi connectivity index (χ0n) is 10.5. The van der Waals surface area contributed by atoms with Crippen LogP contribution in [0.3, 0.4) is 0 Å². The summed E-state index contributed by atoms with van der Waals surface area (Å²) in [6.07, 6.45) is -0.328. The number of hydrogen-bond acceptors (Lipinski definition) is 3. The lowest BCUT2D eigenvalue weighted by Gasteiger charge is -2.22. The number of anilines is 1. The average molecular weight is 348 g/mol. The summed E-state index contributed by atoms with van der Waals surface area (Å²) in [5, 5.41) is 13.2. The van der Waals surface area contributed by atoms with Crippen molar-refractivity contribution in [1.29, 1.82) is 0 Å². The van der Waals surface area contributed by atoms with Crippen LogP contribution in [-0.2, 0) is 0 Å². The molecule has 17 heavy (non-hydrogen) atoms. The minimum Gasteiger partial charge on any atom is -0.390 e. The van der Waals surface area contributed by atoms with Crippen LogP contribution in [0.15, 0.2) is 24.3 Å². The molecule has 3 nitrogen and oxygen atoms in total. The van der Waals surface area contributed by atoms with Gasteiger partial charge in [0.1, 0.15) is 0 Å². The number of aliphatic hydroxyl groups is 1. The SMILES string of the molecule is CCN(CC)CC(O)CNc1ccccc1I. The van der Waals surface area contributed by atoms with Crippen molar-refractivity contribution in [3.8, 4) is 0 Å². The first-order chi connectivity index (χ1) is 8.17. The van der Waals surface area contributed by atoms with Crippen LogP contribution >= 0.6 is 22.6 Å². The molecule has 1 atom stereocenters. The van der Waals surface area contributed by atoms with Gasteiger partial charge in [0.05, 0.1) is 6.10 Å². The van der Waals surface area contributed by atoms with Crippen molar-refractivity contribution < 1.29 is 5.11 Å². The molecule has 0 heterocycles. The van der Waals surface area contributed by atoms with Crippen LogP contribution in [-0.4, -0.2) is 42.3 Å². The zero-order chi connectivity index (χ0) is 12.7. The van der Waals surface area contributed by atoms with Gasteiger partial charge in [0.25, 0.3) is 0 Å². The second-order valence-electron chi connectivity index (χ2n) is 4.00. The van der Waals surface area contributed by atoms with Crippen molar-refractivity contribution in [2.75, 3.05) is 31.5 Å². The molecule has 0 aliphatic heterocycles. The summed E-state index contributed by atoms with van der Waals surface area (Å²) in [5.41, 5.74) is 1.09. The van der Waals surface area contributed by atoms with E-state index in [-0.39, 0.29) is 6.10 Å². The van der Waals surface area contributed by atoms with Crippen molar-refractivity contribution in [1.82, 2.24) is 4.90 Å². The summed E-state index contributed by atoms with van der Waals surface area (Å²) in [6.45, 7) is 7.51. The van der Waals surface area contributed by atoms with Crippen LogP contribution < -0.4 is 5.32 Å². The first kappa shape index (κ1) is 14.7. The minimum absolute atomic E-state index is 0.328. The molecule has 0 fully saturated rings. The Kier molecular flexibility index (Phi) is 6.84. The predicted octanol–water partition coefficient (Wildman–Crippen LogP) is 2.41. The Morgan fingerprint density at radius 1 is 1.29 bits per heavy atom. The third-order valence-electron chi connectivity index (χ3n) is 2.77. The predicted molar refractivity (Wildman–Crippen MR) is 81.4 cm³/mol. The molecular formula is C13H21IN2O. The Labute approximate surface area is 117 Å². The van der Waals surface area contributed by atoms with Crippen molar-refractivity contribution in [2.45, 2.75) is 20.0 Å². The Hall–Kier alpha value is -0.330. The van der Waals surface area contributed by atoms with Gasteiger partial charge in [-0.15, -0.1) is 0 Å². The lowest BCUT2D eigenvalue weighted by molar-refractivity contribution is 0.128. The van der Waals surface area contributed by atoms with Gasteiger partial charge >= 0.3 is 0 Å². The quantitative estimate of drug-likeness (QED) is 0.743. The molecule has 0 amide bonds. The van der Waals surface area contributed by atoms with E-state index in [4.69, 9.17) is 0 Å². The first-order valence-corrected chi connectivity index (χ1v) is 7.14. The number of nitrogens with zero attached hydrogens (tertiary/aromatic N) is 1. The number of hydrogen-bond donors (Lipinski definition) is 2. The number of likely N-dealkylation sites (N-methyl/N-ethyl adjacent to an activating group) is 1. The number of para-hydroxylation sites is 1. The van der Waals surface area contributed by atoms with Crippen LogP contribution in [0, 0.1) is 3.57 Å². The summed E-state index contributed by atoms with van der Waals surface area (Å²) in [6, 6.07) is 8.10. The second kappa shape index (κ2) is 7.89. The highest BCUT2D eigenvalue weighted by molar-refractivity contribution is 14.1. The third kappa shape index (κ3) is 5.23. The highest BCUT2D eigenvalue weighted by Crippen LogP contribution is 2.16. The van der Waals surface area contributed by atoms with Gasteiger partial charge in [0.15, 0.2) is 0 Å². The minimum atomic E-state index is -0.328. The van der Waals surface area contributed by atoms with Crippen LogP contribution in [0.25, 0.3) is 0 Å². The lowest BCUT2D eigenvalue weighted by Crippen LogP contribution is -2.36. The van der Waals surface area contributed by atoms with Gasteiger partial charge in [-0.2, -0.15) is 0 Å². The Balaban J connectivity index is 2.38. The summed E-state index contributed by atoms with van der Waals surface area (Å²) in [5.74, 6) is 0. The molecule has 0 saturated heterocycles. The molecule has 2 N–H and O–H groups in total. The third-order valence-corrected chi connectivity index (χ3v) is 3.71. The van der Waals surface area contributed by atoms with Crippen LogP contribution in [0.4, 0.5) is 5.69 Å². The Bertz CT molecular complexity index is 329. The standard InChI is InChI=1S/C13H21IN2O/c1-3-16(4-2)10-11(17)9-15-13-8-6-5-7-12(13)14/h5-8,11,15,17H,3-4,9-10H2,1-2H3. The number of halogens is 1. The number of nitrogens with one attached hydrogen (secondary N) is 1. The van der Waals surface area contributed by atoms with E-state index in [1.54, 1.807) is 0 Å². The zero-order valence-corrected chi connectivity index (χ0v) is 12.6. The first-order valence-electron chi connectivity index (χ1n) is 6.06. The van der Waals surface area contributed by atoms with E-state index >= 15 is 0 Å². The molecule has 0 aliphatic carbocycles. The maximum atomic E-state index is 9.93. The number of rotatable bonds is 7. The van der Waals surface area contributed by atoms with Gasteiger partial charge in [-0.25, -0.2) is 0 Å². The summed E-state index contributed by atoms with van der Waals surface area (Å²) in [7, 11) is 0. The molecular weight excluding hydrogens is 327 g/mol. The fourth-order valence-electron chi connectivity index (χ4n) is 1.68. The average Bonchev–Trinajstić information content (AvgIpc) is 2.35. The van der Waals surface area contributed by atoms with Gasteiger partial charge in [0, 0.05) is 22.3 Å². The highest BCUT2D eigenvalue weighted by atomic mass is 127. The number of benzene rings is 1. The topological polar surface area (TPSA) is 35.5 Å². The fourth-order valence-corrected chi connectivity index (χ4v) is 2.25. The van der Waals surface area contributed by atoms with Crippen molar-refractivity contribution >= 4 is 28.3 Å². The molecule has 4 heteroatoms. The van der Waals surface area contributed by atoms with Crippen LogP contribution in [0.1, 0.15) is 13.8 Å². The normalized spacial score (nSPS) is 12.8. The molecule has 1 unspecified atom stereocenters. The summed E-state index contributed by atoms with van der Waals surface area (Å²) < 4.78 is 1.18. The Morgan fingerprint density at radius 2 is 1.94 bits per heavy atom. The molecule has 0 spiro atoms. The molecule has 96 valence electrons. The van der Waals surface area contributed by atoms with Gasteiger partial charge in [0.2, 0.25) is 0 Å². The van der Waals surface area contributed by atoms with E-state index in [9.17, 15) is 5.11 Å². The van der Waals surface area contributed by atoms with Crippen LogP contribution in [0.5, 0.6) is 0 Å². The molecule has 1 aromatic carbocycles. The molecule has 0 aromatic heterocycles. The molecule has 1 rings (SSSR count). The van der Waals surface area contributed by atoms with E-state index in [1.165, 1.54) is 3.57 Å². The maximum Gasteiger partial charge on any atom is 0.0839 e. The van der Waals surface area contributed by atoms with Crippen molar-refractivity contribution in [2.24, 2.45) is 0 Å². The highest BCUT2D eigenvalue weighted by Gasteiger charge is 2.09. The molecule has 1 aromatic rings. The van der Waals surface area contributed by atoms with E-state index in [0.29, 0.717) is 6.54 Å². The molecule has 0 bridgehead atoms. The number of aliphatic hydroxyl groups excluding tert-OH is 1. The van der Waals surface area contributed by atoms with E-state index in [2.05, 4.69) is 52.7 Å². The molecule has 0 aliphatic rings.